The molecule has 1 fully saturated rings. The Labute approximate surface area is 153 Å². The van der Waals surface area contributed by atoms with Crippen LogP contribution in [0.25, 0.3) is 0 Å². The molecule has 0 aromatic heterocycles. The van der Waals surface area contributed by atoms with Gasteiger partial charge < -0.3 is 14.7 Å². The van der Waals surface area contributed by atoms with Gasteiger partial charge in [0, 0.05) is 42.5 Å². The number of thioether (sulfide) groups is 1. The molecule has 0 N–H and O–H groups in total. The molecule has 1 aromatic rings. The molecule has 2 aliphatic rings. The highest BCUT2D eigenvalue weighted by molar-refractivity contribution is 8.93. The number of carbonyl (C=O) groups is 1. The van der Waals surface area contributed by atoms with E-state index in [9.17, 15) is 4.79 Å². The molecular formula is C17H24BrN3OS. The first-order valence-corrected chi connectivity index (χ1v) is 8.76. The highest BCUT2D eigenvalue weighted by Crippen LogP contribution is 2.30. The number of amides is 1. The Morgan fingerprint density at radius 1 is 1.09 bits per heavy atom. The van der Waals surface area contributed by atoms with Crippen LogP contribution in [0.2, 0.25) is 0 Å². The van der Waals surface area contributed by atoms with Crippen molar-refractivity contribution in [3.63, 3.8) is 0 Å². The largest absolute Gasteiger partial charge is 0.368 e. The maximum absolute atomic E-state index is 12.5. The summed E-state index contributed by atoms with van der Waals surface area (Å²) in [7, 11) is 0. The Hall–Kier alpha value is -1.14. The molecule has 1 amide bonds. The summed E-state index contributed by atoms with van der Waals surface area (Å²) in [4.78, 5) is 20.4. The zero-order valence-electron chi connectivity index (χ0n) is 13.7. The number of piperazine rings is 1. The molecule has 0 unspecified atom stereocenters. The number of carbonyl (C=O) groups excluding carboxylic acids is 1. The van der Waals surface area contributed by atoms with E-state index in [0.717, 1.165) is 32.1 Å². The van der Waals surface area contributed by atoms with Gasteiger partial charge in [-0.15, -0.1) is 28.7 Å². The Kier molecular flexibility index (Phi) is 6.41. The Balaban J connectivity index is 0.00000192. The predicted octanol–water partition coefficient (Wildman–Crippen LogP) is 3.17. The minimum absolute atomic E-state index is 0. The van der Waals surface area contributed by atoms with Gasteiger partial charge in [0.05, 0.1) is 12.4 Å². The summed E-state index contributed by atoms with van der Waals surface area (Å²) in [6.45, 7) is 8.21. The molecule has 2 heterocycles. The van der Waals surface area contributed by atoms with Crippen molar-refractivity contribution in [3.05, 3.63) is 40.9 Å². The number of hydrogen-bond donors (Lipinski definition) is 0. The van der Waals surface area contributed by atoms with E-state index in [0.29, 0.717) is 6.54 Å². The van der Waals surface area contributed by atoms with Crippen LogP contribution >= 0.6 is 28.7 Å². The smallest absolute Gasteiger partial charge is 0.242 e. The van der Waals surface area contributed by atoms with Gasteiger partial charge in [0.2, 0.25) is 5.91 Å². The van der Waals surface area contributed by atoms with Crippen molar-refractivity contribution in [2.45, 2.75) is 13.8 Å². The topological polar surface area (TPSA) is 26.8 Å². The van der Waals surface area contributed by atoms with Crippen LogP contribution in [0.5, 0.6) is 0 Å². The van der Waals surface area contributed by atoms with Gasteiger partial charge in [-0.2, -0.15) is 0 Å². The van der Waals surface area contributed by atoms with E-state index in [4.69, 9.17) is 0 Å². The summed E-state index contributed by atoms with van der Waals surface area (Å²) in [5, 5.41) is 0. The Morgan fingerprint density at radius 3 is 2.30 bits per heavy atom. The number of benzene rings is 1. The van der Waals surface area contributed by atoms with Crippen LogP contribution in [-0.4, -0.2) is 54.3 Å². The minimum Gasteiger partial charge on any atom is -0.368 e. The van der Waals surface area contributed by atoms with E-state index < -0.39 is 0 Å². The molecule has 23 heavy (non-hydrogen) atoms. The summed E-state index contributed by atoms with van der Waals surface area (Å²) in [6.07, 6.45) is 0. The number of rotatable bonds is 3. The van der Waals surface area contributed by atoms with Gasteiger partial charge in [0.15, 0.2) is 0 Å². The molecular weight excluding hydrogens is 374 g/mol. The fraction of sp³-hybridized carbons (Fsp3) is 0.471. The maximum atomic E-state index is 12.5. The van der Waals surface area contributed by atoms with E-state index >= 15 is 0 Å². The van der Waals surface area contributed by atoms with Gasteiger partial charge >= 0.3 is 0 Å². The number of nitrogens with zero attached hydrogens (tertiary/aromatic N) is 3. The average molecular weight is 398 g/mol. The van der Waals surface area contributed by atoms with Gasteiger partial charge in [-0.1, -0.05) is 18.2 Å². The van der Waals surface area contributed by atoms with Gasteiger partial charge in [-0.05, 0) is 26.0 Å². The minimum atomic E-state index is 0. The van der Waals surface area contributed by atoms with Gasteiger partial charge in [-0.3, -0.25) is 4.79 Å². The van der Waals surface area contributed by atoms with E-state index in [-0.39, 0.29) is 22.9 Å². The lowest BCUT2D eigenvalue weighted by Gasteiger charge is -2.37. The van der Waals surface area contributed by atoms with E-state index in [2.05, 4.69) is 47.9 Å². The summed E-state index contributed by atoms with van der Waals surface area (Å²) in [5.74, 6) is 1.16. The van der Waals surface area contributed by atoms with Crippen LogP contribution in [0.4, 0.5) is 5.69 Å². The quantitative estimate of drug-likeness (QED) is 0.782. The SMILES string of the molecule is Br.CC1=C(C)N(CC(=O)N2CCN(c3ccccc3)CC2)CS1. The maximum Gasteiger partial charge on any atom is 0.242 e. The first-order valence-electron chi connectivity index (χ1n) is 7.78. The van der Waals surface area contributed by atoms with Gasteiger partial charge in [0.25, 0.3) is 0 Å². The lowest BCUT2D eigenvalue weighted by molar-refractivity contribution is -0.132. The second-order valence-corrected chi connectivity index (χ2v) is 6.98. The summed E-state index contributed by atoms with van der Waals surface area (Å²) >= 11 is 1.83. The van der Waals surface area contributed by atoms with Crippen LogP contribution in [0.3, 0.4) is 0 Å². The molecule has 0 aliphatic carbocycles. The van der Waals surface area contributed by atoms with Crippen LogP contribution in [0, 0.1) is 0 Å². The Morgan fingerprint density at radius 2 is 1.74 bits per heavy atom. The van der Waals surface area contributed by atoms with E-state index in [1.165, 1.54) is 16.3 Å². The van der Waals surface area contributed by atoms with Crippen molar-refractivity contribution in [1.82, 2.24) is 9.80 Å². The van der Waals surface area contributed by atoms with E-state index in [1.807, 2.05) is 22.7 Å². The molecule has 0 spiro atoms. The van der Waals surface area contributed by atoms with Crippen molar-refractivity contribution < 1.29 is 4.79 Å². The van der Waals surface area contributed by atoms with Crippen LogP contribution < -0.4 is 4.90 Å². The zero-order valence-corrected chi connectivity index (χ0v) is 16.2. The third-order valence-electron chi connectivity index (χ3n) is 4.50. The van der Waals surface area contributed by atoms with Crippen molar-refractivity contribution in [2.24, 2.45) is 0 Å². The normalized spacial score (nSPS) is 18.3. The van der Waals surface area contributed by atoms with Crippen LogP contribution in [-0.2, 0) is 4.79 Å². The molecule has 0 radical (unpaired) electrons. The molecule has 0 bridgehead atoms. The molecule has 0 saturated carbocycles. The standard InChI is InChI=1S/C17H23N3OS.BrH/c1-14-15(2)22-13-20(14)12-17(21)19-10-8-18(9-11-19)16-6-4-3-5-7-16;/h3-7H,8-13H2,1-2H3;1H. The second kappa shape index (κ2) is 8.11. The summed E-state index contributed by atoms with van der Waals surface area (Å²) in [5.41, 5.74) is 2.50. The first-order chi connectivity index (χ1) is 10.6. The molecule has 126 valence electrons. The second-order valence-electron chi connectivity index (χ2n) is 5.82. The predicted molar refractivity (Wildman–Crippen MR) is 103 cm³/mol. The highest BCUT2D eigenvalue weighted by atomic mass is 79.9. The highest BCUT2D eigenvalue weighted by Gasteiger charge is 2.25. The molecule has 2 aliphatic heterocycles. The monoisotopic (exact) mass is 397 g/mol. The summed E-state index contributed by atoms with van der Waals surface area (Å²) in [6, 6.07) is 10.4. The molecule has 6 heteroatoms. The molecule has 0 atom stereocenters. The van der Waals surface area contributed by atoms with Crippen molar-refractivity contribution in [1.29, 1.82) is 0 Å². The average Bonchev–Trinajstić information content (AvgIpc) is 2.88. The third-order valence-corrected chi connectivity index (χ3v) is 5.67. The number of allylic oxidation sites excluding steroid dienone is 2. The Bertz CT molecular complexity index is 570. The van der Waals surface area contributed by atoms with Gasteiger partial charge in [0.1, 0.15) is 0 Å². The first kappa shape index (κ1) is 18.2. The fourth-order valence-corrected chi connectivity index (χ4v) is 3.85. The van der Waals surface area contributed by atoms with Crippen molar-refractivity contribution >= 4 is 40.3 Å². The van der Waals surface area contributed by atoms with Crippen molar-refractivity contribution in [2.75, 3.05) is 43.5 Å². The summed E-state index contributed by atoms with van der Waals surface area (Å²) < 4.78 is 0. The fourth-order valence-electron chi connectivity index (χ4n) is 2.88. The third kappa shape index (κ3) is 4.23. The van der Waals surface area contributed by atoms with E-state index in [1.54, 1.807) is 0 Å². The van der Waals surface area contributed by atoms with Gasteiger partial charge in [-0.25, -0.2) is 0 Å². The lowest BCUT2D eigenvalue weighted by Crippen LogP contribution is -2.51. The van der Waals surface area contributed by atoms with Crippen molar-refractivity contribution in [3.8, 4) is 0 Å². The van der Waals surface area contributed by atoms with Crippen LogP contribution in [0.15, 0.2) is 40.9 Å². The molecule has 1 aromatic carbocycles. The lowest BCUT2D eigenvalue weighted by atomic mass is 10.2. The number of halogens is 1. The number of anilines is 1. The van der Waals surface area contributed by atoms with Crippen LogP contribution in [0.1, 0.15) is 13.8 Å². The molecule has 3 rings (SSSR count). The molecule has 1 saturated heterocycles. The number of para-hydroxylation sites is 1. The zero-order chi connectivity index (χ0) is 15.5. The number of hydrogen-bond acceptors (Lipinski definition) is 4. The molecule has 4 nitrogen and oxygen atoms in total.